The van der Waals surface area contributed by atoms with Crippen molar-refractivity contribution in [3.8, 4) is 0 Å². The van der Waals surface area contributed by atoms with Gasteiger partial charge in [0.15, 0.2) is 0 Å². The molecule has 1 saturated heterocycles. The van der Waals surface area contributed by atoms with Crippen LogP contribution in [0.5, 0.6) is 0 Å². The number of amides is 1. The van der Waals surface area contributed by atoms with E-state index < -0.39 is 0 Å². The van der Waals surface area contributed by atoms with E-state index in [1.807, 2.05) is 31.7 Å². The van der Waals surface area contributed by atoms with Crippen LogP contribution in [0.1, 0.15) is 43.4 Å². The molecule has 6 heteroatoms. The highest BCUT2D eigenvalue weighted by molar-refractivity contribution is 5.78. The molecule has 1 aliphatic rings. The number of piperazine rings is 1. The number of rotatable bonds is 5. The third kappa shape index (κ3) is 4.49. The minimum Gasteiger partial charge on any atom is -0.353 e. The van der Waals surface area contributed by atoms with Crippen molar-refractivity contribution in [3.05, 3.63) is 52.7 Å². The number of hydrogen-bond donors (Lipinski definition) is 0. The van der Waals surface area contributed by atoms with Crippen molar-refractivity contribution in [3.63, 3.8) is 0 Å². The maximum Gasteiger partial charge on any atom is 0.225 e. The minimum absolute atomic E-state index is 0.0167. The van der Waals surface area contributed by atoms with Crippen LogP contribution < -0.4 is 4.90 Å². The lowest BCUT2D eigenvalue weighted by Crippen LogP contribution is -2.50. The Hall–Kier alpha value is -2.50. The van der Waals surface area contributed by atoms with Gasteiger partial charge >= 0.3 is 0 Å². The summed E-state index contributed by atoms with van der Waals surface area (Å²) < 4.78 is 13.7. The maximum absolute atomic E-state index is 13.7. The van der Waals surface area contributed by atoms with Crippen molar-refractivity contribution < 1.29 is 9.18 Å². The largest absolute Gasteiger partial charge is 0.353 e. The molecule has 1 fully saturated rings. The average molecular weight is 384 g/mol. The lowest BCUT2D eigenvalue weighted by molar-refractivity contribution is -0.134. The average Bonchev–Trinajstić information content (AvgIpc) is 2.68. The highest BCUT2D eigenvalue weighted by Gasteiger charge is 2.26. The highest BCUT2D eigenvalue weighted by Crippen LogP contribution is 2.26. The van der Waals surface area contributed by atoms with Crippen molar-refractivity contribution >= 4 is 11.7 Å². The van der Waals surface area contributed by atoms with E-state index >= 15 is 0 Å². The quantitative estimate of drug-likeness (QED) is 0.793. The van der Waals surface area contributed by atoms with Gasteiger partial charge < -0.3 is 9.80 Å². The molecule has 0 N–H and O–H groups in total. The molecule has 0 atom stereocenters. The van der Waals surface area contributed by atoms with Gasteiger partial charge in [-0.3, -0.25) is 4.79 Å². The molecular formula is C22H29FN4O. The van der Waals surface area contributed by atoms with E-state index in [-0.39, 0.29) is 17.6 Å². The number of aromatic nitrogens is 2. The van der Waals surface area contributed by atoms with E-state index in [9.17, 15) is 9.18 Å². The standard InChI is InChI=1S/C22H29FN4O/c1-5-20-19(14-17-7-6-8-18(23)13-17)21(25-16(4)24-20)26-9-11-27(12-10-26)22(28)15(2)3/h6-8,13,15H,5,9-12,14H2,1-4H3. The number of hydrogen-bond acceptors (Lipinski definition) is 4. The zero-order valence-corrected chi connectivity index (χ0v) is 17.2. The first-order valence-corrected chi connectivity index (χ1v) is 10.0. The first-order valence-electron chi connectivity index (χ1n) is 10.0. The third-order valence-corrected chi connectivity index (χ3v) is 5.17. The predicted molar refractivity (Wildman–Crippen MR) is 109 cm³/mol. The third-order valence-electron chi connectivity index (χ3n) is 5.17. The summed E-state index contributed by atoms with van der Waals surface area (Å²) in [6.07, 6.45) is 1.40. The molecule has 0 aliphatic carbocycles. The summed E-state index contributed by atoms with van der Waals surface area (Å²) in [5.41, 5.74) is 2.98. The molecule has 1 aliphatic heterocycles. The van der Waals surface area contributed by atoms with Crippen LogP contribution in [0.4, 0.5) is 10.2 Å². The lowest BCUT2D eigenvalue weighted by atomic mass is 10.0. The van der Waals surface area contributed by atoms with Crippen LogP contribution in [0.25, 0.3) is 0 Å². The molecule has 0 radical (unpaired) electrons. The molecule has 0 unspecified atom stereocenters. The zero-order chi connectivity index (χ0) is 20.3. The Balaban J connectivity index is 1.88. The fourth-order valence-corrected chi connectivity index (χ4v) is 3.73. The molecule has 1 amide bonds. The second kappa shape index (κ2) is 8.67. The second-order valence-corrected chi connectivity index (χ2v) is 7.65. The molecule has 150 valence electrons. The van der Waals surface area contributed by atoms with Gasteiger partial charge in [-0.05, 0) is 31.0 Å². The number of carbonyl (C=O) groups is 1. The van der Waals surface area contributed by atoms with Crippen LogP contribution in [-0.2, 0) is 17.6 Å². The lowest BCUT2D eigenvalue weighted by Gasteiger charge is -2.37. The number of nitrogens with zero attached hydrogens (tertiary/aromatic N) is 4. The van der Waals surface area contributed by atoms with E-state index in [2.05, 4.69) is 16.8 Å². The molecule has 0 spiro atoms. The molecule has 3 rings (SSSR count). The fraction of sp³-hybridized carbons (Fsp3) is 0.500. The molecule has 28 heavy (non-hydrogen) atoms. The molecule has 5 nitrogen and oxygen atoms in total. The topological polar surface area (TPSA) is 49.3 Å². The van der Waals surface area contributed by atoms with Crippen molar-refractivity contribution in [2.75, 3.05) is 31.1 Å². The summed E-state index contributed by atoms with van der Waals surface area (Å²) in [5, 5.41) is 0. The predicted octanol–water partition coefficient (Wildman–Crippen LogP) is 3.38. The van der Waals surface area contributed by atoms with E-state index in [0.717, 1.165) is 48.0 Å². The summed E-state index contributed by atoms with van der Waals surface area (Å²) in [6.45, 7) is 10.7. The number of anilines is 1. The molecule has 2 heterocycles. The van der Waals surface area contributed by atoms with E-state index in [1.54, 1.807) is 12.1 Å². The van der Waals surface area contributed by atoms with E-state index in [0.29, 0.717) is 19.5 Å². The van der Waals surface area contributed by atoms with Gasteiger partial charge in [0, 0.05) is 49.8 Å². The SMILES string of the molecule is CCc1nc(C)nc(N2CCN(C(=O)C(C)C)CC2)c1Cc1cccc(F)c1. The van der Waals surface area contributed by atoms with Crippen molar-refractivity contribution in [1.82, 2.24) is 14.9 Å². The summed E-state index contributed by atoms with van der Waals surface area (Å²) in [6, 6.07) is 6.71. The summed E-state index contributed by atoms with van der Waals surface area (Å²) in [7, 11) is 0. The van der Waals surface area contributed by atoms with Gasteiger partial charge in [0.25, 0.3) is 0 Å². The van der Waals surface area contributed by atoms with Crippen LogP contribution in [0.3, 0.4) is 0 Å². The van der Waals surface area contributed by atoms with Gasteiger partial charge in [-0.25, -0.2) is 14.4 Å². The van der Waals surface area contributed by atoms with Crippen LogP contribution in [0, 0.1) is 18.7 Å². The molecular weight excluding hydrogens is 355 g/mol. The zero-order valence-electron chi connectivity index (χ0n) is 17.2. The molecule has 0 bridgehead atoms. The Kier molecular flexibility index (Phi) is 6.27. The number of halogens is 1. The Morgan fingerprint density at radius 1 is 1.18 bits per heavy atom. The maximum atomic E-state index is 13.7. The highest BCUT2D eigenvalue weighted by atomic mass is 19.1. The van der Waals surface area contributed by atoms with Gasteiger partial charge in [-0.15, -0.1) is 0 Å². The Morgan fingerprint density at radius 3 is 2.50 bits per heavy atom. The van der Waals surface area contributed by atoms with Crippen molar-refractivity contribution in [2.45, 2.75) is 40.5 Å². The van der Waals surface area contributed by atoms with E-state index in [1.165, 1.54) is 6.07 Å². The van der Waals surface area contributed by atoms with Gasteiger partial charge in [-0.1, -0.05) is 32.9 Å². The smallest absolute Gasteiger partial charge is 0.225 e. The summed E-state index contributed by atoms with van der Waals surface area (Å²) >= 11 is 0. The number of aryl methyl sites for hydroxylation is 2. The van der Waals surface area contributed by atoms with Gasteiger partial charge in [0.05, 0.1) is 0 Å². The Labute approximate surface area is 166 Å². The molecule has 1 aromatic carbocycles. The normalized spacial score (nSPS) is 14.6. The van der Waals surface area contributed by atoms with Crippen LogP contribution in [0.2, 0.25) is 0 Å². The first kappa shape index (κ1) is 20.2. The van der Waals surface area contributed by atoms with Gasteiger partial charge in [0.1, 0.15) is 17.5 Å². The molecule has 2 aromatic rings. The Morgan fingerprint density at radius 2 is 1.89 bits per heavy atom. The monoisotopic (exact) mass is 384 g/mol. The van der Waals surface area contributed by atoms with Crippen LogP contribution >= 0.6 is 0 Å². The Bertz CT molecular complexity index is 844. The summed E-state index contributed by atoms with van der Waals surface area (Å²) in [5.74, 6) is 1.66. The second-order valence-electron chi connectivity index (χ2n) is 7.65. The minimum atomic E-state index is -0.231. The van der Waals surface area contributed by atoms with Gasteiger partial charge in [0.2, 0.25) is 5.91 Å². The molecule has 0 saturated carbocycles. The van der Waals surface area contributed by atoms with Gasteiger partial charge in [-0.2, -0.15) is 0 Å². The fourth-order valence-electron chi connectivity index (χ4n) is 3.73. The van der Waals surface area contributed by atoms with Crippen LogP contribution in [0.15, 0.2) is 24.3 Å². The number of benzene rings is 1. The van der Waals surface area contributed by atoms with Crippen LogP contribution in [-0.4, -0.2) is 47.0 Å². The number of carbonyl (C=O) groups excluding carboxylic acids is 1. The first-order chi connectivity index (χ1) is 13.4. The van der Waals surface area contributed by atoms with E-state index in [4.69, 9.17) is 4.98 Å². The van der Waals surface area contributed by atoms with Crippen molar-refractivity contribution in [1.29, 1.82) is 0 Å². The summed E-state index contributed by atoms with van der Waals surface area (Å²) in [4.78, 5) is 25.8. The van der Waals surface area contributed by atoms with Crippen molar-refractivity contribution in [2.24, 2.45) is 5.92 Å². The molecule has 1 aromatic heterocycles.